The van der Waals surface area contributed by atoms with Crippen molar-refractivity contribution in [3.05, 3.63) is 35.4 Å². The summed E-state index contributed by atoms with van der Waals surface area (Å²) in [6, 6.07) is 8.90. The average Bonchev–Trinajstić information content (AvgIpc) is 2.57. The van der Waals surface area contributed by atoms with Gasteiger partial charge in [0.15, 0.2) is 0 Å². The number of carbonyl (C=O) groups is 1. The third-order valence-electron chi connectivity index (χ3n) is 4.99. The van der Waals surface area contributed by atoms with Gasteiger partial charge in [0.2, 0.25) is 5.91 Å². The molecule has 0 atom stereocenters. The second-order valence-electron chi connectivity index (χ2n) is 6.43. The predicted octanol–water partition coefficient (Wildman–Crippen LogP) is 2.42. The van der Waals surface area contributed by atoms with Crippen molar-refractivity contribution >= 4 is 5.91 Å². The summed E-state index contributed by atoms with van der Waals surface area (Å²) >= 11 is 0. The normalized spacial score (nSPS) is 16.7. The van der Waals surface area contributed by atoms with Gasteiger partial charge >= 0.3 is 0 Å². The number of amides is 1. The van der Waals surface area contributed by atoms with Gasteiger partial charge in [0.25, 0.3) is 0 Å². The fourth-order valence-electron chi connectivity index (χ4n) is 3.44. The summed E-state index contributed by atoms with van der Waals surface area (Å²) in [6.45, 7) is 12.0. The summed E-state index contributed by atoms with van der Waals surface area (Å²) in [5, 5.41) is 3.05. The first-order valence-corrected chi connectivity index (χ1v) is 8.91. The standard InChI is InChI=1S/C19H31N3O/c1-4-22(5-2)18-10-12-21(13-11-18)15-19(23)20-14-17-9-7-6-8-16(17)3/h6-9,18H,4-5,10-15H2,1-3H3,(H,20,23). The Kier molecular flexibility index (Phi) is 7.06. The Balaban J connectivity index is 1.72. The number of hydrogen-bond acceptors (Lipinski definition) is 3. The molecule has 0 saturated carbocycles. The molecule has 128 valence electrons. The summed E-state index contributed by atoms with van der Waals surface area (Å²) in [7, 11) is 0. The molecule has 0 bridgehead atoms. The van der Waals surface area contributed by atoms with Crippen LogP contribution < -0.4 is 5.32 Å². The molecule has 1 aliphatic rings. The summed E-state index contributed by atoms with van der Waals surface area (Å²) in [5.74, 6) is 0.134. The van der Waals surface area contributed by atoms with Crippen molar-refractivity contribution in [3.63, 3.8) is 0 Å². The number of benzene rings is 1. The van der Waals surface area contributed by atoms with E-state index in [0.717, 1.165) is 26.2 Å². The molecule has 1 aromatic rings. The molecule has 0 radical (unpaired) electrons. The molecule has 0 unspecified atom stereocenters. The molecule has 0 spiro atoms. The smallest absolute Gasteiger partial charge is 0.234 e. The van der Waals surface area contributed by atoms with Gasteiger partial charge in [-0.15, -0.1) is 0 Å². The third kappa shape index (κ3) is 5.33. The van der Waals surface area contributed by atoms with E-state index in [4.69, 9.17) is 0 Å². The highest BCUT2D eigenvalue weighted by Gasteiger charge is 2.23. The lowest BCUT2D eigenvalue weighted by molar-refractivity contribution is -0.122. The van der Waals surface area contributed by atoms with Crippen LogP contribution in [0.4, 0.5) is 0 Å². The summed E-state index contributed by atoms with van der Waals surface area (Å²) < 4.78 is 0. The highest BCUT2D eigenvalue weighted by atomic mass is 16.2. The maximum absolute atomic E-state index is 12.2. The Morgan fingerprint density at radius 1 is 1.22 bits per heavy atom. The lowest BCUT2D eigenvalue weighted by Crippen LogP contribution is -2.47. The molecule has 1 aliphatic heterocycles. The predicted molar refractivity (Wildman–Crippen MR) is 95.4 cm³/mol. The van der Waals surface area contributed by atoms with Crippen LogP contribution in [-0.2, 0) is 11.3 Å². The average molecular weight is 317 g/mol. The largest absolute Gasteiger partial charge is 0.351 e. The van der Waals surface area contributed by atoms with Gasteiger partial charge in [0.05, 0.1) is 6.54 Å². The molecule has 1 amide bonds. The van der Waals surface area contributed by atoms with Gasteiger partial charge < -0.3 is 10.2 Å². The molecular weight excluding hydrogens is 286 g/mol. The molecule has 2 rings (SSSR count). The van der Waals surface area contributed by atoms with Crippen LogP contribution in [-0.4, -0.2) is 54.5 Å². The Labute approximate surface area is 140 Å². The molecule has 4 nitrogen and oxygen atoms in total. The molecule has 0 aromatic heterocycles. The van der Waals surface area contributed by atoms with E-state index in [1.54, 1.807) is 0 Å². The van der Waals surface area contributed by atoms with Crippen LogP contribution >= 0.6 is 0 Å². The zero-order chi connectivity index (χ0) is 16.7. The Bertz CT molecular complexity index is 491. The number of hydrogen-bond donors (Lipinski definition) is 1. The highest BCUT2D eigenvalue weighted by Crippen LogP contribution is 2.16. The lowest BCUT2D eigenvalue weighted by atomic mass is 10.0. The van der Waals surface area contributed by atoms with Crippen LogP contribution in [0.1, 0.15) is 37.8 Å². The number of likely N-dealkylation sites (tertiary alicyclic amines) is 1. The molecule has 1 aromatic carbocycles. The summed E-state index contributed by atoms with van der Waals surface area (Å²) in [4.78, 5) is 17.0. The molecule has 4 heteroatoms. The van der Waals surface area contributed by atoms with E-state index in [1.807, 2.05) is 12.1 Å². The van der Waals surface area contributed by atoms with Crippen LogP contribution in [0, 0.1) is 6.92 Å². The van der Waals surface area contributed by atoms with Crippen molar-refractivity contribution in [1.29, 1.82) is 0 Å². The molecule has 1 heterocycles. The zero-order valence-corrected chi connectivity index (χ0v) is 14.8. The molecular formula is C19H31N3O. The second kappa shape index (κ2) is 9.04. The van der Waals surface area contributed by atoms with Crippen LogP contribution in [0.2, 0.25) is 0 Å². The molecule has 0 aliphatic carbocycles. The number of carbonyl (C=O) groups excluding carboxylic acids is 1. The fourth-order valence-corrected chi connectivity index (χ4v) is 3.44. The van der Waals surface area contributed by atoms with Crippen molar-refractivity contribution in [2.24, 2.45) is 0 Å². The van der Waals surface area contributed by atoms with E-state index in [2.05, 4.69) is 48.0 Å². The Hall–Kier alpha value is -1.39. The minimum atomic E-state index is 0.134. The minimum absolute atomic E-state index is 0.134. The van der Waals surface area contributed by atoms with Crippen LogP contribution in [0.15, 0.2) is 24.3 Å². The fraction of sp³-hybridized carbons (Fsp3) is 0.632. The summed E-state index contributed by atoms with van der Waals surface area (Å²) in [5.41, 5.74) is 2.42. The quantitative estimate of drug-likeness (QED) is 0.839. The Morgan fingerprint density at radius 3 is 2.48 bits per heavy atom. The maximum atomic E-state index is 12.2. The monoisotopic (exact) mass is 317 g/mol. The third-order valence-corrected chi connectivity index (χ3v) is 4.99. The zero-order valence-electron chi connectivity index (χ0n) is 14.8. The topological polar surface area (TPSA) is 35.6 Å². The van der Waals surface area contributed by atoms with Gasteiger partial charge in [0.1, 0.15) is 0 Å². The molecule has 1 saturated heterocycles. The van der Waals surface area contributed by atoms with E-state index in [0.29, 0.717) is 19.1 Å². The number of nitrogens with zero attached hydrogens (tertiary/aromatic N) is 2. The summed E-state index contributed by atoms with van der Waals surface area (Å²) in [6.07, 6.45) is 2.35. The SMILES string of the molecule is CCN(CC)C1CCN(CC(=O)NCc2ccccc2C)CC1. The van der Waals surface area contributed by atoms with Crippen molar-refractivity contribution < 1.29 is 4.79 Å². The molecule has 1 fully saturated rings. The number of piperidine rings is 1. The Morgan fingerprint density at radius 2 is 1.87 bits per heavy atom. The van der Waals surface area contributed by atoms with Crippen LogP contribution in [0.5, 0.6) is 0 Å². The molecule has 1 N–H and O–H groups in total. The first kappa shape index (κ1) is 18.0. The van der Waals surface area contributed by atoms with Gasteiger partial charge in [-0.3, -0.25) is 9.69 Å². The number of nitrogens with one attached hydrogen (secondary N) is 1. The first-order valence-electron chi connectivity index (χ1n) is 8.91. The van der Waals surface area contributed by atoms with Gasteiger partial charge in [-0.25, -0.2) is 0 Å². The van der Waals surface area contributed by atoms with Crippen LogP contribution in [0.25, 0.3) is 0 Å². The number of aryl methyl sites for hydroxylation is 1. The van der Waals surface area contributed by atoms with Crippen molar-refractivity contribution in [2.45, 2.75) is 46.2 Å². The first-order chi connectivity index (χ1) is 11.1. The van der Waals surface area contributed by atoms with Gasteiger partial charge in [0, 0.05) is 25.7 Å². The van der Waals surface area contributed by atoms with Crippen molar-refractivity contribution in [3.8, 4) is 0 Å². The van der Waals surface area contributed by atoms with Crippen molar-refractivity contribution in [1.82, 2.24) is 15.1 Å². The number of rotatable bonds is 7. The minimum Gasteiger partial charge on any atom is -0.351 e. The lowest BCUT2D eigenvalue weighted by Gasteiger charge is -2.37. The molecule has 23 heavy (non-hydrogen) atoms. The van der Waals surface area contributed by atoms with Gasteiger partial charge in [-0.2, -0.15) is 0 Å². The second-order valence-corrected chi connectivity index (χ2v) is 6.43. The van der Waals surface area contributed by atoms with E-state index < -0.39 is 0 Å². The van der Waals surface area contributed by atoms with Crippen LogP contribution in [0.3, 0.4) is 0 Å². The van der Waals surface area contributed by atoms with E-state index in [1.165, 1.54) is 24.0 Å². The van der Waals surface area contributed by atoms with Gasteiger partial charge in [-0.05, 0) is 44.0 Å². The maximum Gasteiger partial charge on any atom is 0.234 e. The highest BCUT2D eigenvalue weighted by molar-refractivity contribution is 5.78. The van der Waals surface area contributed by atoms with E-state index >= 15 is 0 Å². The van der Waals surface area contributed by atoms with E-state index in [9.17, 15) is 4.79 Å². The van der Waals surface area contributed by atoms with E-state index in [-0.39, 0.29) is 5.91 Å². The van der Waals surface area contributed by atoms with Crippen molar-refractivity contribution in [2.75, 3.05) is 32.7 Å². The van der Waals surface area contributed by atoms with Gasteiger partial charge in [-0.1, -0.05) is 38.1 Å².